The maximum Gasteiger partial charge on any atom is 0.336 e. The van der Waals surface area contributed by atoms with E-state index in [1.807, 2.05) is 13.8 Å². The molecule has 1 aromatic rings. The number of carbonyl (C=O) groups is 4. The molecule has 32 heavy (non-hydrogen) atoms. The van der Waals surface area contributed by atoms with Gasteiger partial charge in [-0.3, -0.25) is 9.59 Å². The quantitative estimate of drug-likeness (QED) is 0.230. The summed E-state index contributed by atoms with van der Waals surface area (Å²) in [5.74, 6) is -3.32. The summed E-state index contributed by atoms with van der Waals surface area (Å²) >= 11 is 2.97. The Hall–Kier alpha value is -2.20. The van der Waals surface area contributed by atoms with Gasteiger partial charge in [-0.15, -0.1) is 0 Å². The zero-order valence-corrected chi connectivity index (χ0v) is 19.8. The average Bonchev–Trinajstić information content (AvgIpc) is 2.72. The van der Waals surface area contributed by atoms with Crippen molar-refractivity contribution in [3.05, 3.63) is 34.4 Å². The molecule has 10 heteroatoms. The highest BCUT2D eigenvalue weighted by molar-refractivity contribution is 7.99. The number of carboxylic acid groups (broad SMARTS) is 4. The lowest BCUT2D eigenvalue weighted by Gasteiger charge is -2.26. The molecule has 0 amide bonds. The molecule has 0 aliphatic rings. The van der Waals surface area contributed by atoms with Crippen LogP contribution >= 0.6 is 23.5 Å². The summed E-state index contributed by atoms with van der Waals surface area (Å²) in [4.78, 5) is 45.5. The lowest BCUT2D eigenvalue weighted by molar-refractivity contribution is -0.138. The zero-order chi connectivity index (χ0) is 24.3. The van der Waals surface area contributed by atoms with E-state index in [-0.39, 0.29) is 34.5 Å². The van der Waals surface area contributed by atoms with E-state index in [0.717, 1.165) is 5.56 Å². The van der Waals surface area contributed by atoms with Crippen molar-refractivity contribution >= 4 is 47.4 Å². The van der Waals surface area contributed by atoms with E-state index >= 15 is 0 Å². The summed E-state index contributed by atoms with van der Waals surface area (Å²) in [6, 6.07) is 3.00. The fourth-order valence-corrected chi connectivity index (χ4v) is 5.87. The number of hydrogen-bond donors (Lipinski definition) is 4. The Balaban J connectivity index is 3.39. The maximum atomic E-state index is 12.2. The van der Waals surface area contributed by atoms with Gasteiger partial charge in [0.2, 0.25) is 0 Å². The van der Waals surface area contributed by atoms with Crippen LogP contribution in [0.5, 0.6) is 0 Å². The Kier molecular flexibility index (Phi) is 12.2. The minimum atomic E-state index is -1.32. The number of aromatic carboxylic acids is 2. The molecule has 8 nitrogen and oxygen atoms in total. The number of benzene rings is 1. The Morgan fingerprint density at radius 2 is 1.28 bits per heavy atom. The molecule has 0 radical (unpaired) electrons. The molecule has 0 aliphatic heterocycles. The van der Waals surface area contributed by atoms with Gasteiger partial charge in [-0.2, -0.15) is 23.5 Å². The molecule has 2 unspecified atom stereocenters. The molecule has 4 N–H and O–H groups in total. The van der Waals surface area contributed by atoms with Crippen molar-refractivity contribution in [3.8, 4) is 0 Å². The standard InChI is InChI=1S/C22H30O8S2/c1-3-15(31-11-5-7-17(23)24)13-9-10-14(21(27)28)20(22(29)30)19(13)16(4-2)32-12-6-8-18(25)26/h9-10,15-16H,3-8,11-12H2,1-2H3,(H,23,24)(H,25,26)(H,27,28)(H,29,30). The molecule has 0 saturated carbocycles. The molecular formula is C22H30O8S2. The molecule has 0 aliphatic carbocycles. The predicted octanol–water partition coefficient (Wildman–Crippen LogP) is 5.18. The predicted molar refractivity (Wildman–Crippen MR) is 125 cm³/mol. The summed E-state index contributed by atoms with van der Waals surface area (Å²) in [5.41, 5.74) is 0.717. The molecule has 2 atom stereocenters. The van der Waals surface area contributed by atoms with E-state index in [4.69, 9.17) is 10.2 Å². The van der Waals surface area contributed by atoms with Crippen LogP contribution in [0.15, 0.2) is 12.1 Å². The topological polar surface area (TPSA) is 149 Å². The number of aliphatic carboxylic acids is 2. The maximum absolute atomic E-state index is 12.2. The minimum absolute atomic E-state index is 0.00819. The zero-order valence-electron chi connectivity index (χ0n) is 18.2. The van der Waals surface area contributed by atoms with Crippen LogP contribution in [-0.2, 0) is 9.59 Å². The third-order valence-electron chi connectivity index (χ3n) is 4.84. The lowest BCUT2D eigenvalue weighted by Crippen LogP contribution is -2.17. The van der Waals surface area contributed by atoms with Gasteiger partial charge in [0.1, 0.15) is 0 Å². The summed E-state index contributed by atoms with van der Waals surface area (Å²) in [6.07, 6.45) is 2.17. The summed E-state index contributed by atoms with van der Waals surface area (Å²) in [7, 11) is 0. The van der Waals surface area contributed by atoms with Crippen molar-refractivity contribution in [2.75, 3.05) is 11.5 Å². The second-order valence-electron chi connectivity index (χ2n) is 7.13. The molecule has 178 valence electrons. The molecule has 0 heterocycles. The average molecular weight is 487 g/mol. The van der Waals surface area contributed by atoms with Gasteiger partial charge in [-0.1, -0.05) is 19.9 Å². The Morgan fingerprint density at radius 3 is 1.69 bits per heavy atom. The first kappa shape index (κ1) is 27.8. The molecule has 0 spiro atoms. The number of carboxylic acids is 4. The van der Waals surface area contributed by atoms with Crippen LogP contribution in [0.4, 0.5) is 0 Å². The highest BCUT2D eigenvalue weighted by atomic mass is 32.2. The van der Waals surface area contributed by atoms with Crippen LogP contribution in [0.1, 0.15) is 94.7 Å². The van der Waals surface area contributed by atoms with Crippen molar-refractivity contribution in [2.24, 2.45) is 0 Å². The normalized spacial score (nSPS) is 12.8. The van der Waals surface area contributed by atoms with Crippen LogP contribution in [0.25, 0.3) is 0 Å². The fourth-order valence-electron chi connectivity index (χ4n) is 3.40. The van der Waals surface area contributed by atoms with Crippen LogP contribution in [-0.4, -0.2) is 55.8 Å². The third kappa shape index (κ3) is 8.38. The van der Waals surface area contributed by atoms with Gasteiger partial charge in [-0.05, 0) is 54.4 Å². The molecule has 0 aromatic heterocycles. The first-order chi connectivity index (χ1) is 15.1. The number of thioether (sulfide) groups is 2. The summed E-state index contributed by atoms with van der Waals surface area (Å²) < 4.78 is 0. The molecule has 0 bridgehead atoms. The van der Waals surface area contributed by atoms with Crippen LogP contribution in [0.2, 0.25) is 0 Å². The van der Waals surface area contributed by atoms with E-state index in [1.54, 1.807) is 6.07 Å². The lowest BCUT2D eigenvalue weighted by atomic mass is 9.90. The van der Waals surface area contributed by atoms with Gasteiger partial charge < -0.3 is 20.4 Å². The van der Waals surface area contributed by atoms with Gasteiger partial charge in [0.05, 0.1) is 11.1 Å². The molecule has 1 aromatic carbocycles. The van der Waals surface area contributed by atoms with E-state index in [0.29, 0.717) is 42.8 Å². The highest BCUT2D eigenvalue weighted by Gasteiger charge is 2.30. The number of hydrogen-bond acceptors (Lipinski definition) is 6. The smallest absolute Gasteiger partial charge is 0.336 e. The monoisotopic (exact) mass is 486 g/mol. The van der Waals surface area contributed by atoms with Gasteiger partial charge in [0.25, 0.3) is 0 Å². The van der Waals surface area contributed by atoms with Gasteiger partial charge >= 0.3 is 23.9 Å². The fraction of sp³-hybridized carbons (Fsp3) is 0.545. The second kappa shape index (κ2) is 14.1. The molecule has 0 fully saturated rings. The van der Waals surface area contributed by atoms with E-state index in [2.05, 4.69) is 0 Å². The number of rotatable bonds is 16. The van der Waals surface area contributed by atoms with Crippen LogP contribution in [0, 0.1) is 0 Å². The van der Waals surface area contributed by atoms with E-state index in [1.165, 1.54) is 29.6 Å². The summed E-state index contributed by atoms with van der Waals surface area (Å²) in [6.45, 7) is 3.84. The van der Waals surface area contributed by atoms with Crippen molar-refractivity contribution in [1.82, 2.24) is 0 Å². The molecule has 0 saturated heterocycles. The first-order valence-electron chi connectivity index (χ1n) is 10.4. The Morgan fingerprint density at radius 1 is 0.781 bits per heavy atom. The van der Waals surface area contributed by atoms with Gasteiger partial charge in [0, 0.05) is 23.3 Å². The van der Waals surface area contributed by atoms with Crippen molar-refractivity contribution in [3.63, 3.8) is 0 Å². The van der Waals surface area contributed by atoms with Gasteiger partial charge in [0.15, 0.2) is 0 Å². The molecular weight excluding hydrogens is 456 g/mol. The largest absolute Gasteiger partial charge is 0.481 e. The Labute approximate surface area is 195 Å². The van der Waals surface area contributed by atoms with Crippen LogP contribution < -0.4 is 0 Å². The Bertz CT molecular complexity index is 824. The summed E-state index contributed by atoms with van der Waals surface area (Å²) in [5, 5.41) is 36.8. The van der Waals surface area contributed by atoms with E-state index < -0.39 is 23.9 Å². The molecule has 1 rings (SSSR count). The second-order valence-corrected chi connectivity index (χ2v) is 9.75. The third-order valence-corrected chi connectivity index (χ3v) is 7.85. The van der Waals surface area contributed by atoms with Crippen LogP contribution in [0.3, 0.4) is 0 Å². The first-order valence-corrected chi connectivity index (χ1v) is 12.5. The van der Waals surface area contributed by atoms with Crippen molar-refractivity contribution < 1.29 is 39.6 Å². The van der Waals surface area contributed by atoms with E-state index in [9.17, 15) is 29.4 Å². The minimum Gasteiger partial charge on any atom is -0.481 e. The highest BCUT2D eigenvalue weighted by Crippen LogP contribution is 2.44. The van der Waals surface area contributed by atoms with Crippen molar-refractivity contribution in [2.45, 2.75) is 62.9 Å². The van der Waals surface area contributed by atoms with Gasteiger partial charge in [-0.25, -0.2) is 9.59 Å². The SMILES string of the molecule is CCC(SCCCC(=O)O)c1ccc(C(=O)O)c(C(=O)O)c1C(CC)SCCCC(=O)O. The van der Waals surface area contributed by atoms with Crippen molar-refractivity contribution in [1.29, 1.82) is 0 Å².